The lowest BCUT2D eigenvalue weighted by molar-refractivity contribution is 0.157. The highest BCUT2D eigenvalue weighted by molar-refractivity contribution is 5.33. The van der Waals surface area contributed by atoms with Crippen LogP contribution in [0.2, 0.25) is 0 Å². The van der Waals surface area contributed by atoms with Crippen molar-refractivity contribution in [2.45, 2.75) is 70.1 Å². The first kappa shape index (κ1) is 18.2. The molecular formula is C23H30FN. The van der Waals surface area contributed by atoms with Gasteiger partial charge in [0, 0.05) is 0 Å². The van der Waals surface area contributed by atoms with Crippen molar-refractivity contribution in [2.24, 2.45) is 17.8 Å². The lowest BCUT2D eigenvalue weighted by Crippen LogP contribution is -2.25. The molecule has 0 bridgehead atoms. The smallest absolute Gasteiger partial charge is 0.0991 e. The van der Waals surface area contributed by atoms with Crippen molar-refractivity contribution in [2.75, 3.05) is 0 Å². The average molecular weight is 339 g/mol. The molecule has 1 nitrogen and oxygen atoms in total. The molecule has 0 aromatic heterocycles. The van der Waals surface area contributed by atoms with Crippen LogP contribution in [0.1, 0.15) is 81.3 Å². The predicted octanol–water partition coefficient (Wildman–Crippen LogP) is 6.90. The summed E-state index contributed by atoms with van der Waals surface area (Å²) < 4.78 is 12.0. The van der Waals surface area contributed by atoms with Gasteiger partial charge in [-0.2, -0.15) is 5.26 Å². The molecule has 0 N–H and O–H groups in total. The van der Waals surface area contributed by atoms with Crippen LogP contribution in [0.25, 0.3) is 0 Å². The van der Waals surface area contributed by atoms with Crippen LogP contribution in [0.15, 0.2) is 36.7 Å². The van der Waals surface area contributed by atoms with Gasteiger partial charge in [-0.05, 0) is 92.7 Å². The summed E-state index contributed by atoms with van der Waals surface area (Å²) in [6.45, 7) is 0. The maximum Gasteiger partial charge on any atom is 0.0991 e. The third-order valence-electron chi connectivity index (χ3n) is 6.67. The van der Waals surface area contributed by atoms with Gasteiger partial charge in [0.15, 0.2) is 0 Å². The van der Waals surface area contributed by atoms with Gasteiger partial charge in [-0.3, -0.25) is 0 Å². The molecule has 2 heteroatoms. The highest BCUT2D eigenvalue weighted by Crippen LogP contribution is 2.44. The van der Waals surface area contributed by atoms with Gasteiger partial charge in [0.2, 0.25) is 0 Å². The number of hydrogen-bond donors (Lipinski definition) is 0. The average Bonchev–Trinajstić information content (AvgIpc) is 2.69. The zero-order chi connectivity index (χ0) is 17.5. The van der Waals surface area contributed by atoms with Crippen molar-refractivity contribution in [1.82, 2.24) is 0 Å². The number of halogens is 1. The first-order valence-corrected chi connectivity index (χ1v) is 10.1. The van der Waals surface area contributed by atoms with Gasteiger partial charge in [0.1, 0.15) is 0 Å². The zero-order valence-corrected chi connectivity index (χ0v) is 15.2. The Balaban J connectivity index is 1.43. The van der Waals surface area contributed by atoms with Crippen LogP contribution in [0.3, 0.4) is 0 Å². The second-order valence-corrected chi connectivity index (χ2v) is 8.07. The quantitative estimate of drug-likeness (QED) is 0.572. The minimum atomic E-state index is 0.688. The van der Waals surface area contributed by atoms with Gasteiger partial charge in [-0.15, -0.1) is 0 Å². The topological polar surface area (TPSA) is 23.8 Å². The van der Waals surface area contributed by atoms with Gasteiger partial charge < -0.3 is 0 Å². The van der Waals surface area contributed by atoms with Gasteiger partial charge in [-0.25, -0.2) is 4.39 Å². The Morgan fingerprint density at radius 2 is 1.52 bits per heavy atom. The summed E-state index contributed by atoms with van der Waals surface area (Å²) in [5.41, 5.74) is 2.18. The minimum Gasteiger partial charge on any atom is -0.216 e. The maximum absolute atomic E-state index is 12.0. The van der Waals surface area contributed by atoms with E-state index in [0.717, 1.165) is 29.7 Å². The second kappa shape index (κ2) is 9.18. The standard InChI is InChI=1S/C23H30FN/c24-16-2-1-3-18-4-8-20(9-5-18)22-12-14-23(15-13-22)21-10-6-19(17-25)7-11-21/h2,6-7,10-11,16,18,20,22-23H,1,3-5,8-9,12-15H2/t18-,20-,22-,23-. The third kappa shape index (κ3) is 4.94. The lowest BCUT2D eigenvalue weighted by atomic mass is 9.68. The van der Waals surface area contributed by atoms with E-state index in [-0.39, 0.29) is 0 Å². The Labute approximate surface area is 151 Å². The van der Waals surface area contributed by atoms with Crippen LogP contribution < -0.4 is 0 Å². The molecule has 0 aliphatic heterocycles. The molecule has 0 saturated heterocycles. The largest absolute Gasteiger partial charge is 0.216 e. The number of hydrogen-bond acceptors (Lipinski definition) is 1. The molecule has 0 atom stereocenters. The SMILES string of the molecule is N#Cc1ccc([C@H]2CC[C@H]([C@H]3CC[C@H](CCC=CF)CC3)CC2)cc1. The van der Waals surface area contributed by atoms with Crippen molar-refractivity contribution in [3.05, 3.63) is 47.8 Å². The molecule has 2 aliphatic carbocycles. The van der Waals surface area contributed by atoms with Crippen LogP contribution in [0.5, 0.6) is 0 Å². The summed E-state index contributed by atoms with van der Waals surface area (Å²) in [6.07, 6.45) is 15.2. The van der Waals surface area contributed by atoms with Crippen molar-refractivity contribution in [3.63, 3.8) is 0 Å². The fourth-order valence-corrected chi connectivity index (χ4v) is 5.10. The molecule has 25 heavy (non-hydrogen) atoms. The Hall–Kier alpha value is -1.62. The minimum absolute atomic E-state index is 0.688. The molecule has 2 fully saturated rings. The Kier molecular flexibility index (Phi) is 6.68. The van der Waals surface area contributed by atoms with Gasteiger partial charge in [0.25, 0.3) is 0 Å². The van der Waals surface area contributed by atoms with Crippen molar-refractivity contribution in [1.29, 1.82) is 5.26 Å². The zero-order valence-electron chi connectivity index (χ0n) is 15.2. The normalized spacial score (nSPS) is 30.2. The summed E-state index contributed by atoms with van der Waals surface area (Å²) in [4.78, 5) is 0. The van der Waals surface area contributed by atoms with Gasteiger partial charge in [0.05, 0.1) is 18.0 Å². The third-order valence-corrected chi connectivity index (χ3v) is 6.67. The summed E-state index contributed by atoms with van der Waals surface area (Å²) in [6, 6.07) is 10.4. The molecule has 0 radical (unpaired) electrons. The summed E-state index contributed by atoms with van der Waals surface area (Å²) in [5, 5.41) is 8.93. The van der Waals surface area contributed by atoms with E-state index in [1.54, 1.807) is 6.08 Å². The number of nitriles is 1. The molecule has 2 aliphatic rings. The van der Waals surface area contributed by atoms with E-state index in [4.69, 9.17) is 5.26 Å². The van der Waals surface area contributed by atoms with Crippen LogP contribution in [-0.4, -0.2) is 0 Å². The molecule has 0 spiro atoms. The Bertz CT molecular complexity index is 582. The van der Waals surface area contributed by atoms with E-state index in [9.17, 15) is 4.39 Å². The van der Waals surface area contributed by atoms with E-state index < -0.39 is 0 Å². The Morgan fingerprint density at radius 3 is 2.08 bits per heavy atom. The van der Waals surface area contributed by atoms with Crippen LogP contribution in [0, 0.1) is 29.1 Å². The van der Waals surface area contributed by atoms with Crippen molar-refractivity contribution >= 4 is 0 Å². The highest BCUT2D eigenvalue weighted by Gasteiger charge is 2.31. The highest BCUT2D eigenvalue weighted by atomic mass is 19.1. The first-order chi connectivity index (χ1) is 12.3. The van der Waals surface area contributed by atoms with Gasteiger partial charge in [-0.1, -0.05) is 31.1 Å². The number of allylic oxidation sites excluding steroid dienone is 1. The molecule has 1 aromatic rings. The van der Waals surface area contributed by atoms with Crippen LogP contribution in [0.4, 0.5) is 4.39 Å². The molecule has 0 unspecified atom stereocenters. The molecule has 134 valence electrons. The molecule has 2 saturated carbocycles. The van der Waals surface area contributed by atoms with E-state index in [1.165, 1.54) is 63.4 Å². The monoisotopic (exact) mass is 339 g/mol. The molecule has 0 heterocycles. The molecule has 0 amide bonds. The predicted molar refractivity (Wildman–Crippen MR) is 101 cm³/mol. The van der Waals surface area contributed by atoms with Crippen molar-refractivity contribution < 1.29 is 4.39 Å². The first-order valence-electron chi connectivity index (χ1n) is 10.1. The summed E-state index contributed by atoms with van der Waals surface area (Å²) in [7, 11) is 0. The molecule has 3 rings (SSSR count). The Morgan fingerprint density at radius 1 is 0.920 bits per heavy atom. The second-order valence-electron chi connectivity index (χ2n) is 8.07. The fraction of sp³-hybridized carbons (Fsp3) is 0.609. The van der Waals surface area contributed by atoms with E-state index in [1.807, 2.05) is 12.1 Å². The number of benzene rings is 1. The summed E-state index contributed by atoms with van der Waals surface area (Å²) in [5.74, 6) is 3.35. The van der Waals surface area contributed by atoms with Crippen LogP contribution in [-0.2, 0) is 0 Å². The van der Waals surface area contributed by atoms with Crippen LogP contribution >= 0.6 is 0 Å². The molecular weight excluding hydrogens is 309 g/mol. The fourth-order valence-electron chi connectivity index (χ4n) is 5.10. The summed E-state index contributed by atoms with van der Waals surface area (Å²) >= 11 is 0. The maximum atomic E-state index is 12.0. The van der Waals surface area contributed by atoms with E-state index in [2.05, 4.69) is 18.2 Å². The number of nitrogens with zero attached hydrogens (tertiary/aromatic N) is 1. The number of rotatable bonds is 5. The lowest BCUT2D eigenvalue weighted by Gasteiger charge is -2.38. The van der Waals surface area contributed by atoms with Crippen molar-refractivity contribution in [3.8, 4) is 6.07 Å². The van der Waals surface area contributed by atoms with Gasteiger partial charge >= 0.3 is 0 Å². The molecule has 1 aromatic carbocycles. The van der Waals surface area contributed by atoms with E-state index in [0.29, 0.717) is 12.2 Å². The van der Waals surface area contributed by atoms with E-state index >= 15 is 0 Å².